The Morgan fingerprint density at radius 1 is 1.13 bits per heavy atom. The van der Waals surface area contributed by atoms with Crippen LogP contribution >= 0.6 is 0 Å². The van der Waals surface area contributed by atoms with E-state index in [1.165, 1.54) is 12.8 Å². The first-order valence-corrected chi connectivity index (χ1v) is 6.07. The molecule has 0 unspecified atom stereocenters. The Morgan fingerprint density at radius 2 is 1.87 bits per heavy atom. The molecule has 3 nitrogen and oxygen atoms in total. The molecule has 0 rings (SSSR count). The number of hydrogen-bond donors (Lipinski definition) is 1. The van der Waals surface area contributed by atoms with E-state index in [4.69, 9.17) is 4.74 Å². The monoisotopic (exact) mass is 215 g/mol. The van der Waals surface area contributed by atoms with E-state index < -0.39 is 0 Å². The fourth-order valence-electron chi connectivity index (χ4n) is 1.38. The van der Waals surface area contributed by atoms with Gasteiger partial charge in [-0.15, -0.1) is 0 Å². The number of amides is 1. The summed E-state index contributed by atoms with van der Waals surface area (Å²) in [5.74, 6) is 0.203. The molecule has 0 aliphatic carbocycles. The Morgan fingerprint density at radius 3 is 2.53 bits per heavy atom. The standard InChI is InChI=1S/C12H25NO2/c1-3-4-9-12(14)13-10-7-5-6-8-11-15-2/h3-11H2,1-2H3,(H,13,14). The van der Waals surface area contributed by atoms with Gasteiger partial charge in [-0.05, 0) is 19.3 Å². The minimum absolute atomic E-state index is 0.203. The molecule has 0 bridgehead atoms. The number of rotatable bonds is 10. The summed E-state index contributed by atoms with van der Waals surface area (Å²) in [6.07, 6.45) is 7.35. The third-order valence-electron chi connectivity index (χ3n) is 2.35. The lowest BCUT2D eigenvalue weighted by molar-refractivity contribution is -0.121. The van der Waals surface area contributed by atoms with Crippen LogP contribution in [0, 0.1) is 0 Å². The van der Waals surface area contributed by atoms with E-state index >= 15 is 0 Å². The second-order valence-corrected chi connectivity index (χ2v) is 3.86. The first kappa shape index (κ1) is 14.4. The zero-order valence-corrected chi connectivity index (χ0v) is 10.2. The molecule has 0 saturated heterocycles. The lowest BCUT2D eigenvalue weighted by Crippen LogP contribution is -2.23. The van der Waals surface area contributed by atoms with Gasteiger partial charge >= 0.3 is 0 Å². The number of carbonyl (C=O) groups is 1. The largest absolute Gasteiger partial charge is 0.385 e. The molecule has 0 saturated carbocycles. The van der Waals surface area contributed by atoms with Gasteiger partial charge in [-0.25, -0.2) is 0 Å². The Kier molecular flexibility index (Phi) is 11.1. The highest BCUT2D eigenvalue weighted by Gasteiger charge is 1.98. The third-order valence-corrected chi connectivity index (χ3v) is 2.35. The van der Waals surface area contributed by atoms with Crippen LogP contribution in [0.15, 0.2) is 0 Å². The molecule has 0 aromatic rings. The smallest absolute Gasteiger partial charge is 0.219 e. The number of ether oxygens (including phenoxy) is 1. The molecule has 90 valence electrons. The summed E-state index contributed by atoms with van der Waals surface area (Å²) in [5, 5.41) is 2.94. The van der Waals surface area contributed by atoms with Gasteiger partial charge in [0.05, 0.1) is 0 Å². The predicted octanol–water partition coefficient (Wildman–Crippen LogP) is 2.50. The fourth-order valence-corrected chi connectivity index (χ4v) is 1.38. The van der Waals surface area contributed by atoms with Gasteiger partial charge in [0.1, 0.15) is 0 Å². The van der Waals surface area contributed by atoms with E-state index in [-0.39, 0.29) is 5.91 Å². The number of carbonyl (C=O) groups excluding carboxylic acids is 1. The molecule has 1 N–H and O–H groups in total. The summed E-state index contributed by atoms with van der Waals surface area (Å²) < 4.78 is 4.96. The maximum absolute atomic E-state index is 11.2. The molecule has 15 heavy (non-hydrogen) atoms. The summed E-state index contributed by atoms with van der Waals surface area (Å²) in [4.78, 5) is 11.2. The summed E-state index contributed by atoms with van der Waals surface area (Å²) >= 11 is 0. The molecule has 0 fully saturated rings. The lowest BCUT2D eigenvalue weighted by atomic mass is 10.2. The van der Waals surface area contributed by atoms with Gasteiger partial charge in [0, 0.05) is 26.7 Å². The van der Waals surface area contributed by atoms with Gasteiger partial charge < -0.3 is 10.1 Å². The van der Waals surface area contributed by atoms with E-state index in [1.54, 1.807) is 7.11 Å². The molecule has 1 amide bonds. The Hall–Kier alpha value is -0.570. The van der Waals surface area contributed by atoms with Gasteiger partial charge in [-0.1, -0.05) is 26.2 Å². The molecular formula is C12H25NO2. The van der Waals surface area contributed by atoms with E-state index in [9.17, 15) is 4.79 Å². The summed E-state index contributed by atoms with van der Waals surface area (Å²) in [7, 11) is 1.73. The van der Waals surface area contributed by atoms with Gasteiger partial charge in [0.2, 0.25) is 5.91 Å². The van der Waals surface area contributed by atoms with E-state index in [2.05, 4.69) is 12.2 Å². The Labute approximate surface area is 93.6 Å². The second-order valence-electron chi connectivity index (χ2n) is 3.86. The number of methoxy groups -OCH3 is 1. The summed E-state index contributed by atoms with van der Waals surface area (Å²) in [6, 6.07) is 0. The highest BCUT2D eigenvalue weighted by Crippen LogP contribution is 1.99. The third kappa shape index (κ3) is 11.4. The van der Waals surface area contributed by atoms with Crippen molar-refractivity contribution < 1.29 is 9.53 Å². The average Bonchev–Trinajstić information content (AvgIpc) is 2.25. The Balaban J connectivity index is 3.06. The van der Waals surface area contributed by atoms with E-state index in [1.807, 2.05) is 0 Å². The van der Waals surface area contributed by atoms with Crippen LogP contribution in [0.1, 0.15) is 51.9 Å². The minimum Gasteiger partial charge on any atom is -0.385 e. The number of nitrogens with one attached hydrogen (secondary N) is 1. The molecule has 0 aliphatic heterocycles. The van der Waals surface area contributed by atoms with Crippen molar-refractivity contribution in [3.63, 3.8) is 0 Å². The summed E-state index contributed by atoms with van der Waals surface area (Å²) in [5.41, 5.74) is 0. The van der Waals surface area contributed by atoms with Crippen LogP contribution in [0.25, 0.3) is 0 Å². The zero-order valence-electron chi connectivity index (χ0n) is 10.2. The highest BCUT2D eigenvalue weighted by molar-refractivity contribution is 5.75. The van der Waals surface area contributed by atoms with Crippen molar-refractivity contribution in [2.24, 2.45) is 0 Å². The van der Waals surface area contributed by atoms with Crippen LogP contribution in [0.2, 0.25) is 0 Å². The first-order chi connectivity index (χ1) is 7.31. The van der Waals surface area contributed by atoms with E-state index in [0.717, 1.165) is 38.8 Å². The van der Waals surface area contributed by atoms with Gasteiger partial charge in [0.15, 0.2) is 0 Å². The van der Waals surface area contributed by atoms with Crippen molar-refractivity contribution in [2.75, 3.05) is 20.3 Å². The van der Waals surface area contributed by atoms with Crippen LogP contribution in [0.4, 0.5) is 0 Å². The highest BCUT2D eigenvalue weighted by atomic mass is 16.5. The maximum atomic E-state index is 11.2. The normalized spacial score (nSPS) is 10.3. The predicted molar refractivity (Wildman–Crippen MR) is 62.9 cm³/mol. The van der Waals surface area contributed by atoms with Crippen molar-refractivity contribution in [2.45, 2.75) is 51.9 Å². The zero-order chi connectivity index (χ0) is 11.4. The first-order valence-electron chi connectivity index (χ1n) is 6.07. The van der Waals surface area contributed by atoms with Crippen molar-refractivity contribution in [1.82, 2.24) is 5.32 Å². The molecule has 0 radical (unpaired) electrons. The second kappa shape index (κ2) is 11.5. The molecule has 0 atom stereocenters. The van der Waals surface area contributed by atoms with Crippen LogP contribution in [0.3, 0.4) is 0 Å². The van der Waals surface area contributed by atoms with Crippen LogP contribution in [-0.2, 0) is 9.53 Å². The molecule has 0 aromatic heterocycles. The van der Waals surface area contributed by atoms with Crippen molar-refractivity contribution in [3.05, 3.63) is 0 Å². The topological polar surface area (TPSA) is 38.3 Å². The van der Waals surface area contributed by atoms with Crippen molar-refractivity contribution >= 4 is 5.91 Å². The lowest BCUT2D eigenvalue weighted by Gasteiger charge is -2.04. The van der Waals surface area contributed by atoms with Crippen LogP contribution < -0.4 is 5.32 Å². The van der Waals surface area contributed by atoms with Gasteiger partial charge in [0.25, 0.3) is 0 Å². The van der Waals surface area contributed by atoms with Gasteiger partial charge in [-0.2, -0.15) is 0 Å². The molecule has 0 aliphatic rings. The number of hydrogen-bond acceptors (Lipinski definition) is 2. The van der Waals surface area contributed by atoms with Crippen molar-refractivity contribution in [3.8, 4) is 0 Å². The molecular weight excluding hydrogens is 190 g/mol. The Bertz CT molecular complexity index is 149. The molecule has 0 spiro atoms. The fraction of sp³-hybridized carbons (Fsp3) is 0.917. The SMILES string of the molecule is CCCCC(=O)NCCCCCCOC. The minimum atomic E-state index is 0.203. The van der Waals surface area contributed by atoms with Gasteiger partial charge in [-0.3, -0.25) is 4.79 Å². The molecule has 3 heteroatoms. The van der Waals surface area contributed by atoms with Crippen molar-refractivity contribution in [1.29, 1.82) is 0 Å². The molecule has 0 heterocycles. The quantitative estimate of drug-likeness (QED) is 0.569. The van der Waals surface area contributed by atoms with Crippen LogP contribution in [0.5, 0.6) is 0 Å². The maximum Gasteiger partial charge on any atom is 0.219 e. The molecule has 0 aromatic carbocycles. The van der Waals surface area contributed by atoms with E-state index in [0.29, 0.717) is 6.42 Å². The number of unbranched alkanes of at least 4 members (excludes halogenated alkanes) is 4. The summed E-state index contributed by atoms with van der Waals surface area (Å²) in [6.45, 7) is 3.78. The average molecular weight is 215 g/mol. The van der Waals surface area contributed by atoms with Crippen LogP contribution in [-0.4, -0.2) is 26.2 Å².